The fraction of sp³-hybridized carbons (Fsp3) is 0.667. The van der Waals surface area contributed by atoms with Crippen molar-refractivity contribution in [3.05, 3.63) is 22.7 Å². The molecule has 1 fully saturated rings. The highest BCUT2D eigenvalue weighted by atomic mass is 32.2. The second kappa shape index (κ2) is 9.15. The lowest BCUT2D eigenvalue weighted by molar-refractivity contribution is -0.121. The van der Waals surface area contributed by atoms with Crippen LogP contribution in [0.25, 0.3) is 0 Å². The molecule has 0 radical (unpaired) electrons. The molecule has 29 heavy (non-hydrogen) atoms. The Bertz CT molecular complexity index is 891. The minimum atomic E-state index is -4.54. The van der Waals surface area contributed by atoms with Crippen molar-refractivity contribution in [3.8, 4) is 0 Å². The van der Waals surface area contributed by atoms with Crippen LogP contribution in [0.15, 0.2) is 17.1 Å². The summed E-state index contributed by atoms with van der Waals surface area (Å²) < 4.78 is 36.5. The first-order valence-corrected chi connectivity index (χ1v) is 10.2. The fourth-order valence-corrected chi connectivity index (χ4v) is 3.36. The molecular weight excluding hydrogens is 410 g/mol. The van der Waals surface area contributed by atoms with Crippen molar-refractivity contribution >= 4 is 22.0 Å². The molecule has 1 amide bonds. The second-order valence-corrected chi connectivity index (χ2v) is 8.05. The molecule has 0 aliphatic carbocycles. The number of carbonyl (C=O) groups is 1. The van der Waals surface area contributed by atoms with Gasteiger partial charge in [-0.25, -0.2) is 9.52 Å². The number of nitrogens with one attached hydrogen (secondary N) is 1. The van der Waals surface area contributed by atoms with Gasteiger partial charge in [-0.05, 0) is 12.0 Å². The van der Waals surface area contributed by atoms with E-state index in [9.17, 15) is 28.2 Å². The van der Waals surface area contributed by atoms with Gasteiger partial charge in [0.15, 0.2) is 6.23 Å². The standard InChI is InChI=1S/C15H25N5O8S/c1-3-7(2)10(17)13(23)19-29(25,26)27-6-8-11(21)12(22)14(28-8)20-5-4-9(16)18-15(20)24/h4-5,7-8,10-12,14,21-22H,3,6,17H2,1-2H3,(H,19,23)(H2,16,18,24)/t7-,8+,10-,11+,12+,14+/m0/s1. The number of carbonyl (C=O) groups excluding carboxylic acids is 1. The van der Waals surface area contributed by atoms with Gasteiger partial charge in [-0.15, -0.1) is 0 Å². The van der Waals surface area contributed by atoms with Crippen LogP contribution >= 0.6 is 0 Å². The quantitative estimate of drug-likeness (QED) is 0.281. The van der Waals surface area contributed by atoms with E-state index in [0.717, 1.165) is 4.57 Å². The average Bonchev–Trinajstić information content (AvgIpc) is 2.93. The van der Waals surface area contributed by atoms with E-state index < -0.39 is 59.1 Å². The summed E-state index contributed by atoms with van der Waals surface area (Å²) in [6.07, 6.45) is -4.01. The summed E-state index contributed by atoms with van der Waals surface area (Å²) in [4.78, 5) is 27.3. The normalized spacial score (nSPS) is 26.8. The summed E-state index contributed by atoms with van der Waals surface area (Å²) >= 11 is 0. The minimum Gasteiger partial charge on any atom is -0.387 e. The number of nitrogens with zero attached hydrogens (tertiary/aromatic N) is 2. The molecular formula is C15H25N5O8S. The Morgan fingerprint density at radius 1 is 1.45 bits per heavy atom. The van der Waals surface area contributed by atoms with Crippen molar-refractivity contribution in [1.82, 2.24) is 14.3 Å². The number of aromatic nitrogens is 2. The Kier molecular flexibility index (Phi) is 7.31. The first-order chi connectivity index (χ1) is 13.5. The predicted molar refractivity (Wildman–Crippen MR) is 99.3 cm³/mol. The zero-order valence-corrected chi connectivity index (χ0v) is 16.7. The van der Waals surface area contributed by atoms with Crippen molar-refractivity contribution in [1.29, 1.82) is 0 Å². The zero-order valence-electron chi connectivity index (χ0n) is 15.8. The highest BCUT2D eigenvalue weighted by Crippen LogP contribution is 2.28. The summed E-state index contributed by atoms with van der Waals surface area (Å²) in [5.74, 6) is -1.24. The number of aliphatic hydroxyl groups is 2. The van der Waals surface area contributed by atoms with Gasteiger partial charge in [0.25, 0.3) is 5.91 Å². The first-order valence-electron chi connectivity index (χ1n) is 8.79. The molecule has 2 rings (SSSR count). The van der Waals surface area contributed by atoms with Crippen LogP contribution in [0.5, 0.6) is 0 Å². The van der Waals surface area contributed by atoms with Crippen molar-refractivity contribution in [2.75, 3.05) is 12.3 Å². The van der Waals surface area contributed by atoms with E-state index in [1.807, 2.05) is 0 Å². The second-order valence-electron chi connectivity index (χ2n) is 6.70. The molecule has 1 aromatic rings. The largest absolute Gasteiger partial charge is 0.387 e. The maximum absolute atomic E-state index is 12.0. The number of aliphatic hydroxyl groups excluding tert-OH is 2. The number of hydrogen-bond acceptors (Lipinski definition) is 11. The number of nitrogen functional groups attached to an aromatic ring is 1. The van der Waals surface area contributed by atoms with Crippen LogP contribution in [0.4, 0.5) is 5.82 Å². The molecule has 0 saturated carbocycles. The van der Waals surface area contributed by atoms with Gasteiger partial charge in [0.1, 0.15) is 24.1 Å². The van der Waals surface area contributed by atoms with Crippen LogP contribution in [0.3, 0.4) is 0 Å². The third-order valence-corrected chi connectivity index (χ3v) is 5.53. The van der Waals surface area contributed by atoms with E-state index in [1.165, 1.54) is 12.3 Å². The van der Waals surface area contributed by atoms with Gasteiger partial charge in [-0.1, -0.05) is 20.3 Å². The molecule has 164 valence electrons. The predicted octanol–water partition coefficient (Wildman–Crippen LogP) is -2.80. The summed E-state index contributed by atoms with van der Waals surface area (Å²) in [5, 5.41) is 20.2. The van der Waals surface area contributed by atoms with Crippen LogP contribution in [0.2, 0.25) is 0 Å². The lowest BCUT2D eigenvalue weighted by atomic mass is 10.00. The van der Waals surface area contributed by atoms with Gasteiger partial charge in [0.05, 0.1) is 12.6 Å². The highest BCUT2D eigenvalue weighted by molar-refractivity contribution is 7.85. The molecule has 0 bridgehead atoms. The average molecular weight is 435 g/mol. The first kappa shape index (κ1) is 23.2. The zero-order chi connectivity index (χ0) is 21.9. The molecule has 6 atom stereocenters. The van der Waals surface area contributed by atoms with Crippen LogP contribution in [0, 0.1) is 5.92 Å². The summed E-state index contributed by atoms with van der Waals surface area (Å²) in [7, 11) is -4.54. The van der Waals surface area contributed by atoms with Crippen molar-refractivity contribution < 1.29 is 32.3 Å². The van der Waals surface area contributed by atoms with Gasteiger partial charge >= 0.3 is 16.0 Å². The monoisotopic (exact) mass is 435 g/mol. The van der Waals surface area contributed by atoms with Crippen LogP contribution < -0.4 is 21.9 Å². The highest BCUT2D eigenvalue weighted by Gasteiger charge is 2.45. The third-order valence-electron chi connectivity index (χ3n) is 4.64. The fourth-order valence-electron chi connectivity index (χ4n) is 2.61. The number of nitrogens with two attached hydrogens (primary N) is 2. The van der Waals surface area contributed by atoms with Crippen LogP contribution in [0.1, 0.15) is 26.5 Å². The number of amides is 1. The molecule has 1 aliphatic heterocycles. The van der Waals surface area contributed by atoms with Gasteiger partial charge < -0.3 is 26.4 Å². The Morgan fingerprint density at radius 2 is 2.10 bits per heavy atom. The third kappa shape index (κ3) is 5.49. The molecule has 1 aromatic heterocycles. The topological polar surface area (TPSA) is 209 Å². The van der Waals surface area contributed by atoms with Crippen LogP contribution in [-0.4, -0.2) is 65.0 Å². The number of anilines is 1. The Labute approximate surface area is 166 Å². The summed E-state index contributed by atoms with van der Waals surface area (Å²) in [5.41, 5.74) is 10.2. The van der Waals surface area contributed by atoms with Gasteiger partial charge in [-0.2, -0.15) is 13.4 Å². The lowest BCUT2D eigenvalue weighted by Gasteiger charge is -2.18. The van der Waals surface area contributed by atoms with E-state index in [2.05, 4.69) is 9.17 Å². The molecule has 2 heterocycles. The Hall–Kier alpha value is -2.10. The molecule has 0 aromatic carbocycles. The summed E-state index contributed by atoms with van der Waals surface area (Å²) in [6.45, 7) is 2.76. The maximum Gasteiger partial charge on any atom is 0.362 e. The number of rotatable bonds is 8. The Balaban J connectivity index is 2.01. The maximum atomic E-state index is 12.0. The molecule has 7 N–H and O–H groups in total. The molecule has 0 unspecified atom stereocenters. The van der Waals surface area contributed by atoms with Crippen LogP contribution in [-0.2, 0) is 24.0 Å². The Morgan fingerprint density at radius 3 is 2.69 bits per heavy atom. The molecule has 1 aliphatic rings. The van der Waals surface area contributed by atoms with Gasteiger partial charge in [-0.3, -0.25) is 13.5 Å². The number of hydrogen-bond donors (Lipinski definition) is 5. The number of ether oxygens (including phenoxy) is 1. The van der Waals surface area contributed by atoms with E-state index >= 15 is 0 Å². The van der Waals surface area contributed by atoms with E-state index in [1.54, 1.807) is 18.6 Å². The smallest absolute Gasteiger partial charge is 0.362 e. The van der Waals surface area contributed by atoms with E-state index in [0.29, 0.717) is 6.42 Å². The van der Waals surface area contributed by atoms with Crippen molar-refractivity contribution in [2.45, 2.75) is 50.8 Å². The molecule has 0 spiro atoms. The van der Waals surface area contributed by atoms with Gasteiger partial charge in [0, 0.05) is 6.20 Å². The lowest BCUT2D eigenvalue weighted by Crippen LogP contribution is -2.47. The molecule has 1 saturated heterocycles. The molecule has 13 nitrogen and oxygen atoms in total. The summed E-state index contributed by atoms with van der Waals surface area (Å²) in [6, 6.07) is 0.233. The van der Waals surface area contributed by atoms with Crippen molar-refractivity contribution in [2.24, 2.45) is 11.7 Å². The van der Waals surface area contributed by atoms with E-state index in [4.69, 9.17) is 16.2 Å². The van der Waals surface area contributed by atoms with Crippen molar-refractivity contribution in [3.63, 3.8) is 0 Å². The van der Waals surface area contributed by atoms with E-state index in [-0.39, 0.29) is 11.7 Å². The van der Waals surface area contributed by atoms with Gasteiger partial charge in [0.2, 0.25) is 0 Å². The minimum absolute atomic E-state index is 0.0448. The SMILES string of the molecule is CC[C@H](C)[C@H](N)C(=O)NS(=O)(=O)OC[C@H]1O[C@@H](n2ccc(N)nc2=O)[C@H](O)[C@@H]1O. The molecule has 14 heteroatoms.